The Morgan fingerprint density at radius 1 is 1.09 bits per heavy atom. The van der Waals surface area contributed by atoms with Crippen molar-refractivity contribution in [3.63, 3.8) is 0 Å². The summed E-state index contributed by atoms with van der Waals surface area (Å²) in [7, 11) is -3.69. The summed E-state index contributed by atoms with van der Waals surface area (Å²) in [5.74, 6) is -1.48. The number of para-hydroxylation sites is 1. The molecule has 0 aliphatic carbocycles. The Kier molecular flexibility index (Phi) is 7.04. The number of H-pyrrole nitrogens is 1. The number of hydrogen-bond acceptors (Lipinski definition) is 4. The summed E-state index contributed by atoms with van der Waals surface area (Å²) in [5, 5.41) is 6.35. The van der Waals surface area contributed by atoms with Crippen LogP contribution in [0.5, 0.6) is 0 Å². The standard InChI is InChI=1S/C25H30N4O4S/c1-17-9-10-18(2)23(14-17)34(32,33)29-13-5-6-20(29)16-28-25(31)24(30)26-12-11-19-15-27-22-8-4-3-7-21(19)22/h3-4,7-10,14-15,20,27H,5-6,11-13,16H2,1-2H3,(H,26,30)(H,28,31)/t20-/m1/s1. The molecular weight excluding hydrogens is 452 g/mol. The van der Waals surface area contributed by atoms with Crippen molar-refractivity contribution in [3.8, 4) is 0 Å². The lowest BCUT2D eigenvalue weighted by Gasteiger charge is -2.25. The van der Waals surface area contributed by atoms with E-state index in [1.54, 1.807) is 19.1 Å². The maximum atomic E-state index is 13.3. The van der Waals surface area contributed by atoms with Gasteiger partial charge in [-0.2, -0.15) is 4.31 Å². The number of sulfonamides is 1. The zero-order valence-electron chi connectivity index (χ0n) is 19.4. The lowest BCUT2D eigenvalue weighted by molar-refractivity contribution is -0.139. The van der Waals surface area contributed by atoms with Crippen molar-refractivity contribution in [3.05, 3.63) is 65.4 Å². The average molecular weight is 483 g/mol. The minimum absolute atomic E-state index is 0.0960. The molecule has 1 aliphatic rings. The van der Waals surface area contributed by atoms with Crippen molar-refractivity contribution in [2.75, 3.05) is 19.6 Å². The van der Waals surface area contributed by atoms with Gasteiger partial charge >= 0.3 is 11.8 Å². The van der Waals surface area contributed by atoms with Crippen molar-refractivity contribution < 1.29 is 18.0 Å². The van der Waals surface area contributed by atoms with Crippen LogP contribution in [0.15, 0.2) is 53.6 Å². The molecule has 180 valence electrons. The van der Waals surface area contributed by atoms with Gasteiger partial charge in [0.1, 0.15) is 0 Å². The van der Waals surface area contributed by atoms with E-state index in [-0.39, 0.29) is 12.6 Å². The van der Waals surface area contributed by atoms with E-state index in [0.717, 1.165) is 22.0 Å². The van der Waals surface area contributed by atoms with Crippen molar-refractivity contribution in [1.82, 2.24) is 19.9 Å². The highest BCUT2D eigenvalue weighted by Crippen LogP contribution is 2.28. The number of amides is 2. The molecule has 1 fully saturated rings. The highest BCUT2D eigenvalue weighted by molar-refractivity contribution is 7.89. The molecule has 1 saturated heterocycles. The van der Waals surface area contributed by atoms with E-state index in [0.29, 0.717) is 42.8 Å². The minimum Gasteiger partial charge on any atom is -0.361 e. The first-order valence-electron chi connectivity index (χ1n) is 11.5. The summed E-state index contributed by atoms with van der Waals surface area (Å²) < 4.78 is 28.0. The molecule has 0 bridgehead atoms. The van der Waals surface area contributed by atoms with Gasteiger partial charge in [0.05, 0.1) is 4.90 Å². The highest BCUT2D eigenvalue weighted by atomic mass is 32.2. The van der Waals surface area contributed by atoms with E-state index in [9.17, 15) is 18.0 Å². The number of aromatic nitrogens is 1. The molecule has 0 spiro atoms. The van der Waals surface area contributed by atoms with E-state index in [1.165, 1.54) is 4.31 Å². The SMILES string of the molecule is Cc1ccc(C)c(S(=O)(=O)N2CCC[C@@H]2CNC(=O)C(=O)NCCc2c[nH]c3ccccc23)c1. The van der Waals surface area contributed by atoms with Gasteiger partial charge in [-0.1, -0.05) is 30.3 Å². The Hall–Kier alpha value is -3.17. The van der Waals surface area contributed by atoms with Crippen LogP contribution in [0.4, 0.5) is 0 Å². The van der Waals surface area contributed by atoms with Crippen LogP contribution in [0.25, 0.3) is 10.9 Å². The third-order valence-corrected chi connectivity index (χ3v) is 8.41. The van der Waals surface area contributed by atoms with Gasteiger partial charge in [0.2, 0.25) is 10.0 Å². The molecule has 1 aliphatic heterocycles. The largest absolute Gasteiger partial charge is 0.361 e. The van der Waals surface area contributed by atoms with Crippen LogP contribution in [0.2, 0.25) is 0 Å². The molecule has 1 atom stereocenters. The number of benzene rings is 2. The van der Waals surface area contributed by atoms with Crippen LogP contribution in [-0.2, 0) is 26.0 Å². The molecule has 2 amide bonds. The molecule has 4 rings (SSSR count). The van der Waals surface area contributed by atoms with Crippen molar-refractivity contribution in [1.29, 1.82) is 0 Å². The Morgan fingerprint density at radius 2 is 1.85 bits per heavy atom. The number of rotatable bonds is 7. The van der Waals surface area contributed by atoms with Crippen LogP contribution < -0.4 is 10.6 Å². The van der Waals surface area contributed by atoms with Crippen LogP contribution in [0.3, 0.4) is 0 Å². The normalized spacial score (nSPS) is 16.6. The van der Waals surface area contributed by atoms with Gasteiger partial charge < -0.3 is 15.6 Å². The fourth-order valence-electron chi connectivity index (χ4n) is 4.46. The first-order chi connectivity index (χ1) is 16.3. The predicted molar refractivity (Wildman–Crippen MR) is 131 cm³/mol. The second-order valence-electron chi connectivity index (χ2n) is 8.76. The minimum atomic E-state index is -3.69. The topological polar surface area (TPSA) is 111 Å². The van der Waals surface area contributed by atoms with E-state index in [4.69, 9.17) is 0 Å². The van der Waals surface area contributed by atoms with Gasteiger partial charge in [-0.05, 0) is 61.9 Å². The molecule has 3 aromatic rings. The summed E-state index contributed by atoms with van der Waals surface area (Å²) in [6.45, 7) is 4.45. The molecular formula is C25H30N4O4S. The molecule has 2 aromatic carbocycles. The van der Waals surface area contributed by atoms with Gasteiger partial charge in [-0.25, -0.2) is 8.42 Å². The van der Waals surface area contributed by atoms with Crippen LogP contribution in [0, 0.1) is 13.8 Å². The number of carbonyl (C=O) groups excluding carboxylic acids is 2. The van der Waals surface area contributed by atoms with Crippen molar-refractivity contribution >= 4 is 32.7 Å². The van der Waals surface area contributed by atoms with Gasteiger partial charge in [0, 0.05) is 42.8 Å². The molecule has 0 saturated carbocycles. The number of aromatic amines is 1. The number of hydrogen-bond donors (Lipinski definition) is 3. The van der Waals surface area contributed by atoms with Gasteiger partial charge in [-0.3, -0.25) is 9.59 Å². The molecule has 9 heteroatoms. The quantitative estimate of drug-likeness (QED) is 0.449. The summed E-state index contributed by atoms with van der Waals surface area (Å²) in [5.41, 5.74) is 3.65. The first kappa shape index (κ1) is 24.0. The Labute approximate surface area is 199 Å². The molecule has 34 heavy (non-hydrogen) atoms. The van der Waals surface area contributed by atoms with Crippen LogP contribution in [0.1, 0.15) is 29.5 Å². The Balaban J connectivity index is 1.31. The van der Waals surface area contributed by atoms with Gasteiger partial charge in [0.25, 0.3) is 0 Å². The molecule has 0 unspecified atom stereocenters. The fourth-order valence-corrected chi connectivity index (χ4v) is 6.47. The average Bonchev–Trinajstić information content (AvgIpc) is 3.46. The maximum Gasteiger partial charge on any atom is 0.309 e. The number of nitrogens with zero attached hydrogens (tertiary/aromatic N) is 1. The van der Waals surface area contributed by atoms with Crippen molar-refractivity contribution in [2.45, 2.75) is 44.0 Å². The molecule has 1 aromatic heterocycles. The number of nitrogens with one attached hydrogen (secondary N) is 3. The highest BCUT2D eigenvalue weighted by Gasteiger charge is 2.36. The first-order valence-corrected chi connectivity index (χ1v) is 12.9. The monoisotopic (exact) mass is 482 g/mol. The van der Waals surface area contributed by atoms with E-state index in [1.807, 2.05) is 43.5 Å². The molecule has 3 N–H and O–H groups in total. The Bertz CT molecular complexity index is 1320. The molecule has 8 nitrogen and oxygen atoms in total. The van der Waals surface area contributed by atoms with Gasteiger partial charge in [-0.15, -0.1) is 0 Å². The fraction of sp³-hybridized carbons (Fsp3) is 0.360. The second-order valence-corrected chi connectivity index (χ2v) is 10.6. The molecule has 2 heterocycles. The van der Waals surface area contributed by atoms with E-state index in [2.05, 4.69) is 15.6 Å². The number of fused-ring (bicyclic) bond motifs is 1. The van der Waals surface area contributed by atoms with E-state index < -0.39 is 21.8 Å². The smallest absolute Gasteiger partial charge is 0.309 e. The van der Waals surface area contributed by atoms with Crippen LogP contribution in [-0.4, -0.2) is 55.2 Å². The zero-order valence-corrected chi connectivity index (χ0v) is 20.2. The maximum absolute atomic E-state index is 13.3. The lowest BCUT2D eigenvalue weighted by Crippen LogP contribution is -2.47. The third-order valence-electron chi connectivity index (χ3n) is 6.31. The summed E-state index contributed by atoms with van der Waals surface area (Å²) in [6, 6.07) is 12.9. The van der Waals surface area contributed by atoms with E-state index >= 15 is 0 Å². The third kappa shape index (κ3) is 5.00. The van der Waals surface area contributed by atoms with Crippen LogP contribution >= 0.6 is 0 Å². The summed E-state index contributed by atoms with van der Waals surface area (Å²) >= 11 is 0. The molecule has 0 radical (unpaired) electrons. The number of aryl methyl sites for hydroxylation is 2. The second kappa shape index (κ2) is 9.99. The summed E-state index contributed by atoms with van der Waals surface area (Å²) in [6.07, 6.45) is 3.84. The predicted octanol–water partition coefficient (Wildman–Crippen LogP) is 2.41. The lowest BCUT2D eigenvalue weighted by atomic mass is 10.1. The van der Waals surface area contributed by atoms with Gasteiger partial charge in [0.15, 0.2) is 0 Å². The number of carbonyl (C=O) groups is 2. The van der Waals surface area contributed by atoms with Crippen molar-refractivity contribution in [2.24, 2.45) is 0 Å². The Morgan fingerprint density at radius 3 is 2.68 bits per heavy atom. The zero-order chi connectivity index (χ0) is 24.3. The summed E-state index contributed by atoms with van der Waals surface area (Å²) in [4.78, 5) is 28.1.